The van der Waals surface area contributed by atoms with E-state index in [0.717, 1.165) is 30.8 Å². The van der Waals surface area contributed by atoms with Gasteiger partial charge in [0.15, 0.2) is 0 Å². The molecule has 0 unspecified atom stereocenters. The lowest BCUT2D eigenvalue weighted by atomic mass is 9.70. The quantitative estimate of drug-likeness (QED) is 0.817. The molecule has 27 heavy (non-hydrogen) atoms. The van der Waals surface area contributed by atoms with Crippen molar-refractivity contribution in [3.8, 4) is 0 Å². The fourth-order valence-corrected chi connectivity index (χ4v) is 4.31. The van der Waals surface area contributed by atoms with Crippen LogP contribution in [0.1, 0.15) is 58.4 Å². The van der Waals surface area contributed by atoms with Gasteiger partial charge in [0.25, 0.3) is 0 Å². The molecule has 148 valence electrons. The van der Waals surface area contributed by atoms with E-state index in [4.69, 9.17) is 11.6 Å². The average Bonchev–Trinajstić information content (AvgIpc) is 3.44. The Morgan fingerprint density at radius 2 is 1.78 bits per heavy atom. The SMILES string of the molecule is CC(C)[C@@H](NC(=O)C1CC1)C(=O)N1CC[C@H](c2ccc(Cl)cc2)C(C)(C)C1. The number of amides is 2. The lowest BCUT2D eigenvalue weighted by molar-refractivity contribution is -0.141. The van der Waals surface area contributed by atoms with Gasteiger partial charge in [-0.2, -0.15) is 0 Å². The third-order valence-electron chi connectivity index (χ3n) is 5.99. The zero-order valence-electron chi connectivity index (χ0n) is 16.8. The lowest BCUT2D eigenvalue weighted by Gasteiger charge is -2.45. The van der Waals surface area contributed by atoms with Gasteiger partial charge in [0.2, 0.25) is 11.8 Å². The largest absolute Gasteiger partial charge is 0.344 e. The normalized spacial score (nSPS) is 23.2. The molecule has 1 saturated heterocycles. The van der Waals surface area contributed by atoms with Crippen LogP contribution in [0.5, 0.6) is 0 Å². The van der Waals surface area contributed by atoms with E-state index in [0.29, 0.717) is 12.5 Å². The molecule has 0 aromatic heterocycles. The highest BCUT2D eigenvalue weighted by atomic mass is 35.5. The molecule has 2 amide bonds. The van der Waals surface area contributed by atoms with Crippen molar-refractivity contribution < 1.29 is 9.59 Å². The molecule has 1 saturated carbocycles. The Labute approximate surface area is 167 Å². The Balaban J connectivity index is 1.69. The summed E-state index contributed by atoms with van der Waals surface area (Å²) in [6, 6.07) is 7.64. The van der Waals surface area contributed by atoms with E-state index >= 15 is 0 Å². The van der Waals surface area contributed by atoms with Gasteiger partial charge in [-0.3, -0.25) is 9.59 Å². The van der Waals surface area contributed by atoms with Crippen molar-refractivity contribution >= 4 is 23.4 Å². The average molecular weight is 391 g/mol. The molecule has 1 aliphatic carbocycles. The second-order valence-electron chi connectivity index (χ2n) is 9.15. The molecule has 1 aromatic rings. The minimum Gasteiger partial charge on any atom is -0.344 e. The molecule has 5 heteroatoms. The van der Waals surface area contributed by atoms with E-state index in [1.165, 1.54) is 5.56 Å². The first kappa shape index (κ1) is 20.2. The second-order valence-corrected chi connectivity index (χ2v) is 9.58. The van der Waals surface area contributed by atoms with Gasteiger partial charge in [-0.05, 0) is 54.2 Å². The summed E-state index contributed by atoms with van der Waals surface area (Å²) in [4.78, 5) is 27.3. The van der Waals surface area contributed by atoms with Gasteiger partial charge < -0.3 is 10.2 Å². The van der Waals surface area contributed by atoms with Gasteiger partial charge >= 0.3 is 0 Å². The number of halogens is 1. The molecule has 1 aromatic carbocycles. The number of hydrogen-bond donors (Lipinski definition) is 1. The number of rotatable bonds is 5. The van der Waals surface area contributed by atoms with Crippen LogP contribution >= 0.6 is 11.6 Å². The maximum absolute atomic E-state index is 13.2. The first-order valence-corrected chi connectivity index (χ1v) is 10.4. The molecule has 0 spiro atoms. The van der Waals surface area contributed by atoms with Crippen molar-refractivity contribution in [3.63, 3.8) is 0 Å². The van der Waals surface area contributed by atoms with Crippen LogP contribution in [0, 0.1) is 17.3 Å². The number of likely N-dealkylation sites (tertiary alicyclic amines) is 1. The minimum absolute atomic E-state index is 0.0379. The van der Waals surface area contributed by atoms with E-state index < -0.39 is 6.04 Å². The topological polar surface area (TPSA) is 49.4 Å². The summed E-state index contributed by atoms with van der Waals surface area (Å²) >= 11 is 6.03. The Morgan fingerprint density at radius 3 is 2.30 bits per heavy atom. The zero-order valence-corrected chi connectivity index (χ0v) is 17.6. The summed E-state index contributed by atoms with van der Waals surface area (Å²) in [5, 5.41) is 3.75. The van der Waals surface area contributed by atoms with Crippen molar-refractivity contribution in [2.45, 2.75) is 58.9 Å². The predicted octanol–water partition coefficient (Wildman–Crippen LogP) is 4.23. The summed E-state index contributed by atoms with van der Waals surface area (Å²) in [5.41, 5.74) is 1.24. The maximum Gasteiger partial charge on any atom is 0.245 e. The van der Waals surface area contributed by atoms with Crippen molar-refractivity contribution in [1.29, 1.82) is 0 Å². The maximum atomic E-state index is 13.2. The highest BCUT2D eigenvalue weighted by Crippen LogP contribution is 2.42. The molecular weight excluding hydrogens is 360 g/mol. The molecule has 2 aliphatic rings. The van der Waals surface area contributed by atoms with E-state index in [9.17, 15) is 9.59 Å². The molecule has 2 fully saturated rings. The van der Waals surface area contributed by atoms with Crippen LogP contribution < -0.4 is 5.32 Å². The molecule has 1 aliphatic heterocycles. The summed E-state index contributed by atoms with van der Waals surface area (Å²) in [6.45, 7) is 9.86. The van der Waals surface area contributed by atoms with E-state index in [2.05, 4.69) is 31.3 Å². The Bertz CT molecular complexity index is 695. The smallest absolute Gasteiger partial charge is 0.245 e. The van der Waals surface area contributed by atoms with Gasteiger partial charge in [-0.15, -0.1) is 0 Å². The van der Waals surface area contributed by atoms with Crippen molar-refractivity contribution in [3.05, 3.63) is 34.9 Å². The van der Waals surface area contributed by atoms with Crippen LogP contribution in [0.25, 0.3) is 0 Å². The zero-order chi connectivity index (χ0) is 19.8. The molecule has 4 nitrogen and oxygen atoms in total. The van der Waals surface area contributed by atoms with Crippen LogP contribution in [0.4, 0.5) is 0 Å². The van der Waals surface area contributed by atoms with Gasteiger partial charge in [0.1, 0.15) is 6.04 Å². The number of piperidine rings is 1. The molecule has 2 atom stereocenters. The highest BCUT2D eigenvalue weighted by Gasteiger charge is 2.41. The van der Waals surface area contributed by atoms with E-state index in [1.807, 2.05) is 30.9 Å². The predicted molar refractivity (Wildman–Crippen MR) is 109 cm³/mol. The first-order chi connectivity index (χ1) is 12.7. The summed E-state index contributed by atoms with van der Waals surface area (Å²) < 4.78 is 0. The lowest BCUT2D eigenvalue weighted by Crippen LogP contribution is -2.56. The van der Waals surface area contributed by atoms with Gasteiger partial charge in [0.05, 0.1) is 0 Å². The minimum atomic E-state index is -0.430. The number of nitrogens with zero attached hydrogens (tertiary/aromatic N) is 1. The number of carbonyl (C=O) groups is 2. The summed E-state index contributed by atoms with van der Waals surface area (Å²) in [7, 11) is 0. The number of hydrogen-bond acceptors (Lipinski definition) is 2. The molecule has 0 bridgehead atoms. The summed E-state index contributed by atoms with van der Waals surface area (Å²) in [6.07, 6.45) is 2.82. The number of carbonyl (C=O) groups excluding carboxylic acids is 2. The van der Waals surface area contributed by atoms with Crippen LogP contribution in [-0.2, 0) is 9.59 Å². The number of benzene rings is 1. The van der Waals surface area contributed by atoms with Crippen molar-refractivity contribution in [1.82, 2.24) is 10.2 Å². The third-order valence-corrected chi connectivity index (χ3v) is 6.24. The standard InChI is InChI=1S/C22H31ClN2O2/c1-14(2)19(24-20(26)16-5-6-16)21(27)25-12-11-18(22(3,4)13-25)15-7-9-17(23)10-8-15/h7-10,14,16,18-19H,5-6,11-13H2,1-4H3,(H,24,26)/t18-,19-/m1/s1. The third kappa shape index (κ3) is 4.66. The Hall–Kier alpha value is -1.55. The van der Waals surface area contributed by atoms with Crippen LogP contribution in [-0.4, -0.2) is 35.8 Å². The fourth-order valence-electron chi connectivity index (χ4n) is 4.18. The molecule has 0 radical (unpaired) electrons. The van der Waals surface area contributed by atoms with E-state index in [1.54, 1.807) is 0 Å². The van der Waals surface area contributed by atoms with Crippen molar-refractivity contribution in [2.24, 2.45) is 17.3 Å². The molecule has 1 heterocycles. The monoisotopic (exact) mass is 390 g/mol. The first-order valence-electron chi connectivity index (χ1n) is 10.0. The van der Waals surface area contributed by atoms with Crippen LogP contribution in [0.15, 0.2) is 24.3 Å². The molecule has 1 N–H and O–H groups in total. The molecular formula is C22H31ClN2O2. The second kappa shape index (κ2) is 7.83. The number of nitrogens with one attached hydrogen (secondary N) is 1. The van der Waals surface area contributed by atoms with Crippen LogP contribution in [0.2, 0.25) is 5.02 Å². The van der Waals surface area contributed by atoms with E-state index in [-0.39, 0.29) is 29.1 Å². The highest BCUT2D eigenvalue weighted by molar-refractivity contribution is 6.30. The Morgan fingerprint density at radius 1 is 1.15 bits per heavy atom. The van der Waals surface area contributed by atoms with Gasteiger partial charge in [-0.1, -0.05) is 51.4 Å². The summed E-state index contributed by atoms with van der Waals surface area (Å²) in [5.74, 6) is 0.680. The Kier molecular flexibility index (Phi) is 5.85. The van der Waals surface area contributed by atoms with Gasteiger partial charge in [-0.25, -0.2) is 0 Å². The van der Waals surface area contributed by atoms with Gasteiger partial charge in [0, 0.05) is 24.0 Å². The van der Waals surface area contributed by atoms with Crippen LogP contribution in [0.3, 0.4) is 0 Å². The fraction of sp³-hybridized carbons (Fsp3) is 0.636. The molecule has 3 rings (SSSR count). The van der Waals surface area contributed by atoms with Crippen molar-refractivity contribution in [2.75, 3.05) is 13.1 Å².